The number of aliphatic carboxylic acids is 1. The Bertz CT molecular complexity index is 1090. The molecule has 0 aliphatic rings. The number of benzene rings is 3. The number of carbonyl (C=O) groups excluding carboxylic acids is 1. The van der Waals surface area contributed by atoms with Gasteiger partial charge in [-0.15, -0.1) is 0 Å². The van der Waals surface area contributed by atoms with E-state index in [1.165, 1.54) is 13.2 Å². The van der Waals surface area contributed by atoms with E-state index in [9.17, 15) is 14.7 Å². The molecule has 0 aliphatic heterocycles. The number of methoxy groups -OCH3 is 1. The molecule has 3 aromatic carbocycles. The maximum absolute atomic E-state index is 12.3. The first-order chi connectivity index (χ1) is 15.0. The van der Waals surface area contributed by atoms with E-state index in [1.807, 2.05) is 24.3 Å². The summed E-state index contributed by atoms with van der Waals surface area (Å²) in [5.41, 5.74) is 1.68. The monoisotopic (exact) mass is 529 g/mol. The van der Waals surface area contributed by atoms with Crippen LogP contribution in [0.25, 0.3) is 6.08 Å². The Balaban J connectivity index is 1.77. The van der Waals surface area contributed by atoms with Gasteiger partial charge in [-0.3, -0.25) is 4.79 Å². The van der Waals surface area contributed by atoms with Crippen molar-refractivity contribution in [3.05, 3.63) is 98.8 Å². The summed E-state index contributed by atoms with van der Waals surface area (Å²) >= 11 is 2.24. The fourth-order valence-corrected chi connectivity index (χ4v) is 3.10. The van der Waals surface area contributed by atoms with Crippen LogP contribution in [0.1, 0.15) is 21.5 Å². The Kier molecular flexibility index (Phi) is 7.66. The number of carboxylic acid groups (broad SMARTS) is 1. The molecule has 0 saturated heterocycles. The minimum absolute atomic E-state index is 0.247. The van der Waals surface area contributed by atoms with Gasteiger partial charge in [-0.1, -0.05) is 36.4 Å². The van der Waals surface area contributed by atoms with E-state index in [0.29, 0.717) is 29.2 Å². The fourth-order valence-electron chi connectivity index (χ4n) is 2.74. The summed E-state index contributed by atoms with van der Waals surface area (Å²) in [7, 11) is 1.51. The molecule has 0 bridgehead atoms. The minimum atomic E-state index is -1.25. The van der Waals surface area contributed by atoms with Gasteiger partial charge in [0, 0.05) is 9.13 Å². The van der Waals surface area contributed by atoms with Crippen LogP contribution in [0.4, 0.5) is 0 Å². The lowest BCUT2D eigenvalue weighted by Gasteiger charge is -2.12. The molecule has 0 fully saturated rings. The number of rotatable bonds is 8. The molecule has 0 aliphatic carbocycles. The highest BCUT2D eigenvalue weighted by atomic mass is 127. The highest BCUT2D eigenvalue weighted by Crippen LogP contribution is 2.29. The van der Waals surface area contributed by atoms with Crippen molar-refractivity contribution in [3.63, 3.8) is 0 Å². The number of hydrogen-bond acceptors (Lipinski definition) is 4. The molecular weight excluding hydrogens is 509 g/mol. The Morgan fingerprint density at radius 3 is 2.35 bits per heavy atom. The summed E-state index contributed by atoms with van der Waals surface area (Å²) in [6.45, 7) is 0.371. The van der Waals surface area contributed by atoms with Gasteiger partial charge in [0.15, 0.2) is 11.5 Å². The molecule has 158 valence electrons. The first-order valence-corrected chi connectivity index (χ1v) is 10.4. The molecule has 7 heteroatoms. The maximum Gasteiger partial charge on any atom is 0.352 e. The number of halogens is 1. The first-order valence-electron chi connectivity index (χ1n) is 9.33. The molecule has 0 radical (unpaired) electrons. The third-order valence-electron chi connectivity index (χ3n) is 4.32. The Morgan fingerprint density at radius 1 is 1.00 bits per heavy atom. The van der Waals surface area contributed by atoms with Crippen molar-refractivity contribution in [1.29, 1.82) is 0 Å². The van der Waals surface area contributed by atoms with Crippen molar-refractivity contribution >= 4 is 40.5 Å². The van der Waals surface area contributed by atoms with Gasteiger partial charge in [0.2, 0.25) is 0 Å². The summed E-state index contributed by atoms with van der Waals surface area (Å²) in [4.78, 5) is 23.9. The summed E-state index contributed by atoms with van der Waals surface area (Å²) in [6.07, 6.45) is 1.37. The van der Waals surface area contributed by atoms with Gasteiger partial charge in [-0.05, 0) is 76.2 Å². The number of hydrogen-bond donors (Lipinski definition) is 2. The summed E-state index contributed by atoms with van der Waals surface area (Å²) < 4.78 is 12.4. The lowest BCUT2D eigenvalue weighted by Crippen LogP contribution is -2.27. The second-order valence-corrected chi connectivity index (χ2v) is 7.75. The molecular formula is C24H20INO5. The Hall–Kier alpha value is -3.33. The van der Waals surface area contributed by atoms with Crippen LogP contribution in [-0.2, 0) is 11.4 Å². The van der Waals surface area contributed by atoms with Crippen LogP contribution in [0.5, 0.6) is 11.5 Å². The van der Waals surface area contributed by atoms with Crippen LogP contribution < -0.4 is 14.8 Å². The van der Waals surface area contributed by atoms with Crippen LogP contribution in [-0.4, -0.2) is 24.1 Å². The average molecular weight is 529 g/mol. The molecule has 0 atom stereocenters. The molecule has 0 aromatic heterocycles. The van der Waals surface area contributed by atoms with Gasteiger partial charge in [0.25, 0.3) is 5.91 Å². The van der Waals surface area contributed by atoms with Crippen LogP contribution >= 0.6 is 22.6 Å². The highest BCUT2D eigenvalue weighted by molar-refractivity contribution is 14.1. The third kappa shape index (κ3) is 6.32. The molecule has 0 saturated carbocycles. The predicted octanol–water partition coefficient (Wildman–Crippen LogP) is 4.73. The number of carboxylic acids is 1. The zero-order valence-electron chi connectivity index (χ0n) is 16.7. The lowest BCUT2D eigenvalue weighted by atomic mass is 10.1. The Labute approximate surface area is 193 Å². The van der Waals surface area contributed by atoms with Gasteiger partial charge >= 0.3 is 5.97 Å². The predicted molar refractivity (Wildman–Crippen MR) is 126 cm³/mol. The third-order valence-corrected chi connectivity index (χ3v) is 5.04. The minimum Gasteiger partial charge on any atom is -0.493 e. The van der Waals surface area contributed by atoms with E-state index in [4.69, 9.17) is 9.47 Å². The van der Waals surface area contributed by atoms with E-state index in [2.05, 4.69) is 27.9 Å². The smallest absolute Gasteiger partial charge is 0.352 e. The molecule has 1 amide bonds. The topological polar surface area (TPSA) is 84.9 Å². The van der Waals surface area contributed by atoms with E-state index in [0.717, 1.165) is 9.13 Å². The zero-order chi connectivity index (χ0) is 22.2. The SMILES string of the molecule is COc1cc(/C=C(/NC(=O)c2ccccc2)C(=O)O)ccc1OCc1ccc(I)cc1. The largest absolute Gasteiger partial charge is 0.493 e. The maximum atomic E-state index is 12.3. The van der Waals surface area contributed by atoms with Crippen molar-refractivity contribution in [2.75, 3.05) is 7.11 Å². The van der Waals surface area contributed by atoms with Gasteiger partial charge in [-0.25, -0.2) is 4.79 Å². The van der Waals surface area contributed by atoms with Crippen LogP contribution in [0.3, 0.4) is 0 Å². The van der Waals surface area contributed by atoms with Gasteiger partial charge < -0.3 is 19.9 Å². The molecule has 0 heterocycles. The summed E-state index contributed by atoms with van der Waals surface area (Å²) in [6, 6.07) is 21.4. The summed E-state index contributed by atoms with van der Waals surface area (Å²) in [5, 5.41) is 11.9. The molecule has 3 aromatic rings. The lowest BCUT2D eigenvalue weighted by molar-refractivity contribution is -0.132. The molecule has 3 rings (SSSR count). The van der Waals surface area contributed by atoms with Crippen molar-refractivity contribution in [1.82, 2.24) is 5.32 Å². The van der Waals surface area contributed by atoms with Crippen molar-refractivity contribution in [2.45, 2.75) is 6.61 Å². The average Bonchev–Trinajstić information content (AvgIpc) is 2.79. The van der Waals surface area contributed by atoms with Crippen molar-refractivity contribution < 1.29 is 24.2 Å². The number of amides is 1. The fraction of sp³-hybridized carbons (Fsp3) is 0.0833. The van der Waals surface area contributed by atoms with E-state index in [1.54, 1.807) is 48.5 Å². The van der Waals surface area contributed by atoms with E-state index >= 15 is 0 Å². The van der Waals surface area contributed by atoms with Gasteiger partial charge in [0.1, 0.15) is 12.3 Å². The van der Waals surface area contributed by atoms with Crippen LogP contribution in [0.2, 0.25) is 0 Å². The van der Waals surface area contributed by atoms with E-state index in [-0.39, 0.29) is 5.70 Å². The molecule has 2 N–H and O–H groups in total. The summed E-state index contributed by atoms with van der Waals surface area (Å²) in [5.74, 6) is -0.761. The van der Waals surface area contributed by atoms with Gasteiger partial charge in [0.05, 0.1) is 7.11 Å². The molecule has 31 heavy (non-hydrogen) atoms. The quantitative estimate of drug-likeness (QED) is 0.326. The Morgan fingerprint density at radius 2 is 1.71 bits per heavy atom. The molecule has 0 spiro atoms. The standard InChI is InChI=1S/C24H20INO5/c1-30-22-14-17(9-12-21(22)31-15-16-7-10-19(25)11-8-16)13-20(24(28)29)26-23(27)18-5-3-2-4-6-18/h2-14H,15H2,1H3,(H,26,27)(H,28,29)/b20-13+. The van der Waals surface area contributed by atoms with Crippen molar-refractivity contribution in [2.24, 2.45) is 0 Å². The number of nitrogens with one attached hydrogen (secondary N) is 1. The van der Waals surface area contributed by atoms with E-state index < -0.39 is 11.9 Å². The second kappa shape index (κ2) is 10.6. The van der Waals surface area contributed by atoms with Crippen LogP contribution in [0.15, 0.2) is 78.5 Å². The van der Waals surface area contributed by atoms with Gasteiger partial charge in [-0.2, -0.15) is 0 Å². The number of ether oxygens (including phenoxy) is 2. The molecule has 0 unspecified atom stereocenters. The van der Waals surface area contributed by atoms with Crippen LogP contribution in [0, 0.1) is 3.57 Å². The first kappa shape index (κ1) is 22.4. The molecule has 6 nitrogen and oxygen atoms in total. The number of carbonyl (C=O) groups is 2. The van der Waals surface area contributed by atoms with Crippen molar-refractivity contribution in [3.8, 4) is 11.5 Å². The highest BCUT2D eigenvalue weighted by Gasteiger charge is 2.14. The normalized spacial score (nSPS) is 11.0. The second-order valence-electron chi connectivity index (χ2n) is 6.51. The zero-order valence-corrected chi connectivity index (χ0v) is 18.8.